The van der Waals surface area contributed by atoms with Gasteiger partial charge in [-0.05, 0) is 84.1 Å². The fourth-order valence-corrected chi connectivity index (χ4v) is 4.85. The van der Waals surface area contributed by atoms with Crippen LogP contribution in [0.5, 0.6) is 0 Å². The molecule has 43 heavy (non-hydrogen) atoms. The van der Waals surface area contributed by atoms with Crippen molar-refractivity contribution in [1.29, 1.82) is 5.26 Å². The number of nitriles is 1. The van der Waals surface area contributed by atoms with Crippen LogP contribution < -0.4 is 21.3 Å². The molecular formula is C30H38N8O5. The summed E-state index contributed by atoms with van der Waals surface area (Å²) in [5, 5.41) is 34.1. The van der Waals surface area contributed by atoms with Crippen molar-refractivity contribution in [3.05, 3.63) is 47.8 Å². The van der Waals surface area contributed by atoms with Crippen LogP contribution in [0.3, 0.4) is 0 Å². The molecule has 1 aliphatic carbocycles. The van der Waals surface area contributed by atoms with Gasteiger partial charge in [0.15, 0.2) is 0 Å². The van der Waals surface area contributed by atoms with E-state index in [-0.39, 0.29) is 17.9 Å². The fraction of sp³-hybridized carbons (Fsp3) is 0.467. The van der Waals surface area contributed by atoms with Crippen LogP contribution in [0.2, 0.25) is 0 Å². The van der Waals surface area contributed by atoms with E-state index in [4.69, 9.17) is 9.84 Å². The highest BCUT2D eigenvalue weighted by molar-refractivity contribution is 6.00. The van der Waals surface area contributed by atoms with Crippen molar-refractivity contribution in [1.82, 2.24) is 30.5 Å². The van der Waals surface area contributed by atoms with Gasteiger partial charge in [0.05, 0.1) is 39.9 Å². The number of nitrogens with one attached hydrogen (secondary N) is 4. The van der Waals surface area contributed by atoms with Crippen molar-refractivity contribution in [3.63, 3.8) is 0 Å². The average molecular weight is 591 g/mol. The topological polar surface area (TPSA) is 183 Å². The number of alkyl carbamates (subject to hydrolysis) is 1. The molecule has 1 saturated carbocycles. The monoisotopic (exact) mass is 590 g/mol. The first-order chi connectivity index (χ1) is 20.2. The molecule has 4 rings (SSSR count). The maximum atomic E-state index is 13.3. The Morgan fingerprint density at radius 1 is 1.12 bits per heavy atom. The largest absolute Gasteiger partial charge is 0.465 e. The molecule has 13 nitrogen and oxygen atoms in total. The van der Waals surface area contributed by atoms with E-state index in [2.05, 4.69) is 37.4 Å². The number of pyridine rings is 1. The predicted molar refractivity (Wildman–Crippen MR) is 160 cm³/mol. The predicted octanol–water partition coefficient (Wildman–Crippen LogP) is 4.15. The molecule has 3 aromatic heterocycles. The standard InChI is InChI=1S/C30H38N8O5/c1-29(2,3)43-28(42)37-30(4,5)8-9-32-26(39)22-17-33-24(25-7-6-21-12-19(14-31)16-35-38(21)25)13-23(22)36-20-10-18(11-20)15-34-27(40)41/h6-7,12-13,16-18,20,34H,8-11,15H2,1-5H3,(H,32,39)(H,33,36)(H,37,42)(H,40,41). The average Bonchev–Trinajstić information content (AvgIpc) is 3.31. The molecule has 228 valence electrons. The number of aromatic nitrogens is 3. The van der Waals surface area contributed by atoms with Crippen molar-refractivity contribution in [2.45, 2.75) is 71.1 Å². The zero-order valence-corrected chi connectivity index (χ0v) is 25.0. The molecular weight excluding hydrogens is 552 g/mol. The Morgan fingerprint density at radius 3 is 2.53 bits per heavy atom. The van der Waals surface area contributed by atoms with Crippen LogP contribution in [0.4, 0.5) is 15.3 Å². The number of carbonyl (C=O) groups excluding carboxylic acids is 2. The molecule has 0 radical (unpaired) electrons. The number of ether oxygens (including phenoxy) is 1. The van der Waals surface area contributed by atoms with Crippen molar-refractivity contribution < 1.29 is 24.2 Å². The first kappa shape index (κ1) is 31.1. The number of hydrogen-bond donors (Lipinski definition) is 5. The summed E-state index contributed by atoms with van der Waals surface area (Å²) in [7, 11) is 0. The van der Waals surface area contributed by atoms with Crippen molar-refractivity contribution in [2.24, 2.45) is 5.92 Å². The first-order valence-corrected chi connectivity index (χ1v) is 14.1. The summed E-state index contributed by atoms with van der Waals surface area (Å²) in [6, 6.07) is 9.37. The number of rotatable bonds is 10. The molecule has 0 aliphatic heterocycles. The van der Waals surface area contributed by atoms with Gasteiger partial charge in [0, 0.05) is 30.9 Å². The molecule has 0 atom stereocenters. The number of hydrogen-bond acceptors (Lipinski definition) is 8. The van der Waals surface area contributed by atoms with Crippen LogP contribution in [-0.2, 0) is 4.74 Å². The molecule has 1 aliphatic rings. The number of nitrogens with zero attached hydrogens (tertiary/aromatic N) is 4. The summed E-state index contributed by atoms with van der Waals surface area (Å²) >= 11 is 0. The normalized spacial score (nSPS) is 16.5. The second-order valence-electron chi connectivity index (χ2n) is 12.4. The molecule has 1 fully saturated rings. The maximum absolute atomic E-state index is 13.3. The first-order valence-electron chi connectivity index (χ1n) is 14.1. The van der Waals surface area contributed by atoms with Crippen molar-refractivity contribution in [2.75, 3.05) is 18.4 Å². The minimum Gasteiger partial charge on any atom is -0.465 e. The van der Waals surface area contributed by atoms with Crippen molar-refractivity contribution in [3.8, 4) is 17.5 Å². The van der Waals surface area contributed by atoms with E-state index in [9.17, 15) is 19.6 Å². The summed E-state index contributed by atoms with van der Waals surface area (Å²) in [6.45, 7) is 9.76. The quantitative estimate of drug-likeness (QED) is 0.232. The Bertz CT molecular complexity index is 1550. The van der Waals surface area contributed by atoms with E-state index in [1.54, 1.807) is 37.4 Å². The maximum Gasteiger partial charge on any atom is 0.408 e. The SMILES string of the molecule is CC(C)(CCNC(=O)c1cnc(-c2ccc3cc(C#N)cnn23)cc1NC1CC(CNC(=O)O)C1)NC(=O)OC(C)(C)C. The third-order valence-corrected chi connectivity index (χ3v) is 7.05. The highest BCUT2D eigenvalue weighted by Crippen LogP contribution is 2.32. The van der Waals surface area contributed by atoms with Gasteiger partial charge in [0.2, 0.25) is 0 Å². The zero-order valence-electron chi connectivity index (χ0n) is 25.0. The number of amides is 3. The molecule has 0 bridgehead atoms. The van der Waals surface area contributed by atoms with E-state index < -0.39 is 23.3 Å². The lowest BCUT2D eigenvalue weighted by molar-refractivity contribution is 0.0468. The lowest BCUT2D eigenvalue weighted by Gasteiger charge is -2.36. The van der Waals surface area contributed by atoms with Gasteiger partial charge in [0.25, 0.3) is 5.91 Å². The van der Waals surface area contributed by atoms with E-state index in [0.29, 0.717) is 47.7 Å². The van der Waals surface area contributed by atoms with Crippen LogP contribution in [-0.4, -0.2) is 68.1 Å². The van der Waals surface area contributed by atoms with Crippen LogP contribution in [0.1, 0.15) is 69.8 Å². The van der Waals surface area contributed by atoms with Gasteiger partial charge in [-0.15, -0.1) is 0 Å². The van der Waals surface area contributed by atoms with Gasteiger partial charge >= 0.3 is 12.2 Å². The fourth-order valence-electron chi connectivity index (χ4n) is 4.85. The Balaban J connectivity index is 1.49. The van der Waals surface area contributed by atoms with Gasteiger partial charge in [0.1, 0.15) is 11.7 Å². The van der Waals surface area contributed by atoms with Gasteiger partial charge < -0.3 is 31.1 Å². The van der Waals surface area contributed by atoms with Crippen LogP contribution >= 0.6 is 0 Å². The summed E-state index contributed by atoms with van der Waals surface area (Å²) in [5.41, 5.74) is 2.17. The minimum atomic E-state index is -1.05. The number of carboxylic acid groups (broad SMARTS) is 1. The molecule has 13 heteroatoms. The summed E-state index contributed by atoms with van der Waals surface area (Å²) in [6.07, 6.45) is 3.38. The molecule has 0 aromatic carbocycles. The third kappa shape index (κ3) is 8.34. The van der Waals surface area contributed by atoms with Crippen LogP contribution in [0.15, 0.2) is 36.7 Å². The highest BCUT2D eigenvalue weighted by Gasteiger charge is 2.31. The lowest BCUT2D eigenvalue weighted by Crippen LogP contribution is -2.47. The highest BCUT2D eigenvalue weighted by atomic mass is 16.6. The minimum absolute atomic E-state index is 0.0553. The smallest absolute Gasteiger partial charge is 0.408 e. The number of anilines is 1. The molecule has 3 amide bonds. The van der Waals surface area contributed by atoms with Crippen LogP contribution in [0, 0.1) is 17.2 Å². The van der Waals surface area contributed by atoms with Gasteiger partial charge in [-0.1, -0.05) is 0 Å². The van der Waals surface area contributed by atoms with E-state index in [0.717, 1.165) is 18.4 Å². The van der Waals surface area contributed by atoms with E-state index >= 15 is 0 Å². The molecule has 0 spiro atoms. The molecule has 3 heterocycles. The Kier molecular flexibility index (Phi) is 9.08. The Labute approximate surface area is 250 Å². The van der Waals surface area contributed by atoms with Gasteiger partial charge in [-0.3, -0.25) is 9.78 Å². The third-order valence-electron chi connectivity index (χ3n) is 7.05. The molecule has 0 unspecified atom stereocenters. The summed E-state index contributed by atoms with van der Waals surface area (Å²) in [4.78, 5) is 41.0. The second-order valence-corrected chi connectivity index (χ2v) is 12.4. The van der Waals surface area contributed by atoms with Crippen LogP contribution in [0.25, 0.3) is 16.9 Å². The number of carbonyl (C=O) groups is 3. The second kappa shape index (κ2) is 12.6. The number of fused-ring (bicyclic) bond motifs is 1. The van der Waals surface area contributed by atoms with E-state index in [1.165, 1.54) is 12.4 Å². The zero-order chi connectivity index (χ0) is 31.4. The molecule has 3 aromatic rings. The Hall–Kier alpha value is -4.86. The molecule has 5 N–H and O–H groups in total. The van der Waals surface area contributed by atoms with E-state index in [1.807, 2.05) is 26.0 Å². The summed E-state index contributed by atoms with van der Waals surface area (Å²) in [5.74, 6) is -0.116. The van der Waals surface area contributed by atoms with Gasteiger partial charge in [-0.2, -0.15) is 10.4 Å². The van der Waals surface area contributed by atoms with Gasteiger partial charge in [-0.25, -0.2) is 14.1 Å². The lowest BCUT2D eigenvalue weighted by atomic mass is 9.80. The molecule has 0 saturated heterocycles. The Morgan fingerprint density at radius 2 is 1.86 bits per heavy atom. The summed E-state index contributed by atoms with van der Waals surface area (Å²) < 4.78 is 7.03. The van der Waals surface area contributed by atoms with Crippen molar-refractivity contribution >= 4 is 29.3 Å².